The average Bonchev–Trinajstić information content (AvgIpc) is 2.85. The number of hydrogen-bond acceptors (Lipinski definition) is 4. The van der Waals surface area contributed by atoms with Crippen LogP contribution in [-0.4, -0.2) is 30.7 Å². The second kappa shape index (κ2) is 6.14. The molecule has 0 saturated heterocycles. The fourth-order valence-corrected chi connectivity index (χ4v) is 3.02. The van der Waals surface area contributed by atoms with E-state index in [-0.39, 0.29) is 0 Å². The molecule has 1 amide bonds. The lowest BCUT2D eigenvalue weighted by atomic mass is 9.86. The van der Waals surface area contributed by atoms with Crippen molar-refractivity contribution in [3.63, 3.8) is 0 Å². The van der Waals surface area contributed by atoms with Crippen LogP contribution in [-0.2, 0) is 19.9 Å². The van der Waals surface area contributed by atoms with E-state index >= 15 is 0 Å². The Morgan fingerprint density at radius 1 is 1.25 bits per heavy atom. The number of benzene rings is 2. The first-order valence-corrected chi connectivity index (χ1v) is 7.47. The fraction of sp³-hybridized carbons (Fsp3) is 0.176. The lowest BCUT2D eigenvalue weighted by Gasteiger charge is -2.29. The van der Waals surface area contributed by atoms with E-state index in [0.717, 1.165) is 0 Å². The van der Waals surface area contributed by atoms with E-state index in [1.807, 2.05) is 0 Å². The van der Waals surface area contributed by atoms with Crippen LogP contribution in [0.2, 0.25) is 5.02 Å². The Hall–Kier alpha value is -2.57. The summed E-state index contributed by atoms with van der Waals surface area (Å²) in [6.45, 7) is -0.655. The lowest BCUT2D eigenvalue weighted by Crippen LogP contribution is -2.40. The number of nitrogens with one attached hydrogen (secondary N) is 1. The highest BCUT2D eigenvalue weighted by molar-refractivity contribution is 6.31. The Labute approximate surface area is 143 Å². The number of methoxy groups -OCH3 is 1. The first-order chi connectivity index (χ1) is 11.5. The van der Waals surface area contributed by atoms with E-state index in [2.05, 4.69) is 5.32 Å². The smallest absolute Gasteiger partial charge is 0.329 e. The van der Waals surface area contributed by atoms with Crippen molar-refractivity contribution in [3.05, 3.63) is 58.6 Å². The summed E-state index contributed by atoms with van der Waals surface area (Å²) in [5.74, 6) is -1.27. The number of fused-ring (bicyclic) bond motifs is 1. The number of halogens is 1. The molecule has 7 heteroatoms. The molecule has 6 nitrogen and oxygen atoms in total. The second-order valence-electron chi connectivity index (χ2n) is 5.21. The van der Waals surface area contributed by atoms with Gasteiger partial charge in [0, 0.05) is 21.8 Å². The van der Waals surface area contributed by atoms with Crippen LogP contribution in [0.25, 0.3) is 0 Å². The molecule has 2 N–H and O–H groups in total. The van der Waals surface area contributed by atoms with Crippen molar-refractivity contribution in [1.82, 2.24) is 0 Å². The van der Waals surface area contributed by atoms with Gasteiger partial charge in [-0.2, -0.15) is 0 Å². The predicted molar refractivity (Wildman–Crippen MR) is 87.4 cm³/mol. The van der Waals surface area contributed by atoms with Crippen LogP contribution in [0.4, 0.5) is 5.69 Å². The molecule has 0 spiro atoms. The number of carbonyl (C=O) groups is 2. The summed E-state index contributed by atoms with van der Waals surface area (Å²) >= 11 is 6.08. The van der Waals surface area contributed by atoms with Gasteiger partial charge in [-0.15, -0.1) is 0 Å². The number of aliphatic carboxylic acids is 1. The third-order valence-electron chi connectivity index (χ3n) is 3.83. The van der Waals surface area contributed by atoms with Gasteiger partial charge in [-0.25, -0.2) is 4.79 Å². The number of carboxylic acids is 1. The molecular weight excluding hydrogens is 334 g/mol. The predicted octanol–water partition coefficient (Wildman–Crippen LogP) is 2.65. The van der Waals surface area contributed by atoms with Gasteiger partial charge in [0.25, 0.3) is 5.91 Å². The Morgan fingerprint density at radius 2 is 2.00 bits per heavy atom. The van der Waals surface area contributed by atoms with E-state index in [1.165, 1.54) is 7.11 Å². The molecule has 0 saturated carbocycles. The van der Waals surface area contributed by atoms with Crippen molar-refractivity contribution in [3.8, 4) is 5.75 Å². The Balaban J connectivity index is 2.27. The van der Waals surface area contributed by atoms with Crippen molar-refractivity contribution in [2.75, 3.05) is 19.0 Å². The number of ether oxygens (including phenoxy) is 2. The van der Waals surface area contributed by atoms with Crippen LogP contribution in [0.5, 0.6) is 5.75 Å². The maximum Gasteiger partial charge on any atom is 0.329 e. The largest absolute Gasteiger partial charge is 0.496 e. The molecule has 3 rings (SSSR count). The fourth-order valence-electron chi connectivity index (χ4n) is 2.84. The number of amides is 1. The standard InChI is InChI=1S/C17H14ClNO5/c1-23-14-5-3-2-4-11(14)17(24-9-15(20)21)12-8-10(18)6-7-13(12)19-16(17)22/h2-8H,9H2,1H3,(H,19,22)(H,20,21). The van der Waals surface area contributed by atoms with Gasteiger partial charge in [0.1, 0.15) is 12.4 Å². The summed E-state index contributed by atoms with van der Waals surface area (Å²) in [5.41, 5.74) is -0.274. The van der Waals surface area contributed by atoms with Crippen molar-refractivity contribution in [1.29, 1.82) is 0 Å². The van der Waals surface area contributed by atoms with E-state index in [1.54, 1.807) is 42.5 Å². The molecule has 124 valence electrons. The van der Waals surface area contributed by atoms with E-state index in [4.69, 9.17) is 26.2 Å². The van der Waals surface area contributed by atoms with Crippen LogP contribution in [0.3, 0.4) is 0 Å². The van der Waals surface area contributed by atoms with E-state index in [0.29, 0.717) is 27.6 Å². The van der Waals surface area contributed by atoms with Gasteiger partial charge in [0.05, 0.1) is 7.11 Å². The van der Waals surface area contributed by atoms with Crippen LogP contribution in [0, 0.1) is 0 Å². The zero-order chi connectivity index (χ0) is 17.3. The zero-order valence-corrected chi connectivity index (χ0v) is 13.5. The minimum absolute atomic E-state index is 0.406. The number of carbonyl (C=O) groups excluding carboxylic acids is 1. The molecule has 1 heterocycles. The molecule has 0 aromatic heterocycles. The highest BCUT2D eigenvalue weighted by Gasteiger charge is 2.51. The Bertz CT molecular complexity index is 822. The van der Waals surface area contributed by atoms with Gasteiger partial charge < -0.3 is 19.9 Å². The number of carboxylic acid groups (broad SMARTS) is 1. The number of para-hydroxylation sites is 1. The van der Waals surface area contributed by atoms with Crippen molar-refractivity contribution >= 4 is 29.2 Å². The number of anilines is 1. The minimum atomic E-state index is -1.65. The molecule has 0 aliphatic carbocycles. The maximum absolute atomic E-state index is 12.8. The van der Waals surface area contributed by atoms with Gasteiger partial charge in [-0.3, -0.25) is 4.79 Å². The van der Waals surface area contributed by atoms with E-state index in [9.17, 15) is 9.59 Å². The SMILES string of the molecule is COc1ccccc1C1(OCC(=O)O)C(=O)Nc2ccc(Cl)cc21. The molecule has 0 fully saturated rings. The van der Waals surface area contributed by atoms with Gasteiger partial charge in [0.15, 0.2) is 0 Å². The van der Waals surface area contributed by atoms with Gasteiger partial charge in [-0.05, 0) is 24.3 Å². The first-order valence-electron chi connectivity index (χ1n) is 7.09. The molecule has 1 atom stereocenters. The summed E-state index contributed by atoms with van der Waals surface area (Å²) in [4.78, 5) is 23.9. The topological polar surface area (TPSA) is 84.9 Å². The molecule has 1 aliphatic rings. The van der Waals surface area contributed by atoms with E-state index < -0.39 is 24.1 Å². The quantitative estimate of drug-likeness (QED) is 0.868. The van der Waals surface area contributed by atoms with Crippen molar-refractivity contribution in [2.45, 2.75) is 5.60 Å². The van der Waals surface area contributed by atoms with Crippen LogP contribution < -0.4 is 10.1 Å². The molecule has 2 aromatic rings. The summed E-state index contributed by atoms with van der Waals surface area (Å²) in [5, 5.41) is 12.2. The highest BCUT2D eigenvalue weighted by atomic mass is 35.5. The van der Waals surface area contributed by atoms with Gasteiger partial charge >= 0.3 is 5.97 Å². The molecule has 2 aromatic carbocycles. The molecular formula is C17H14ClNO5. The molecule has 1 unspecified atom stereocenters. The van der Waals surface area contributed by atoms with Crippen molar-refractivity contribution in [2.24, 2.45) is 0 Å². The molecule has 1 aliphatic heterocycles. The maximum atomic E-state index is 12.8. The van der Waals surface area contributed by atoms with Gasteiger partial charge in [-0.1, -0.05) is 29.8 Å². The summed E-state index contributed by atoms with van der Waals surface area (Å²) in [6.07, 6.45) is 0. The third kappa shape index (κ3) is 2.50. The molecule has 0 bridgehead atoms. The number of rotatable bonds is 5. The second-order valence-corrected chi connectivity index (χ2v) is 5.64. The normalized spacial score (nSPS) is 18.8. The average molecular weight is 348 g/mol. The Kier molecular flexibility index (Phi) is 4.17. The third-order valence-corrected chi connectivity index (χ3v) is 4.06. The molecule has 0 radical (unpaired) electrons. The van der Waals surface area contributed by atoms with Crippen LogP contribution >= 0.6 is 11.6 Å². The zero-order valence-electron chi connectivity index (χ0n) is 12.7. The van der Waals surface area contributed by atoms with Crippen LogP contribution in [0.15, 0.2) is 42.5 Å². The van der Waals surface area contributed by atoms with Crippen molar-refractivity contribution < 1.29 is 24.2 Å². The first kappa shape index (κ1) is 16.3. The minimum Gasteiger partial charge on any atom is -0.496 e. The van der Waals surface area contributed by atoms with Gasteiger partial charge in [0.2, 0.25) is 5.60 Å². The van der Waals surface area contributed by atoms with Crippen LogP contribution in [0.1, 0.15) is 11.1 Å². The summed E-state index contributed by atoms with van der Waals surface area (Å²) < 4.78 is 11.0. The molecule has 24 heavy (non-hydrogen) atoms. The monoisotopic (exact) mass is 347 g/mol. The summed E-state index contributed by atoms with van der Waals surface area (Å²) in [7, 11) is 1.47. The number of hydrogen-bond donors (Lipinski definition) is 2. The highest BCUT2D eigenvalue weighted by Crippen LogP contribution is 2.47. The Morgan fingerprint density at radius 3 is 2.71 bits per heavy atom. The lowest BCUT2D eigenvalue weighted by molar-refractivity contribution is -0.152. The summed E-state index contributed by atoms with van der Waals surface area (Å²) in [6, 6.07) is 11.7.